The quantitative estimate of drug-likeness (QED) is 0.853. The normalized spacial score (nSPS) is 27.5. The Morgan fingerprint density at radius 3 is 2.86 bits per heavy atom. The van der Waals surface area contributed by atoms with E-state index in [-0.39, 0.29) is 12.2 Å². The predicted octanol–water partition coefficient (Wildman–Crippen LogP) is 1.39. The number of nitrogens with zero attached hydrogens (tertiary/aromatic N) is 1. The Morgan fingerprint density at radius 2 is 2.19 bits per heavy atom. The minimum Gasteiger partial charge on any atom is -0.444 e. The number of piperidine rings is 1. The summed E-state index contributed by atoms with van der Waals surface area (Å²) < 4.78 is 16.4. The number of carbonyl (C=O) groups is 1. The van der Waals surface area contributed by atoms with Gasteiger partial charge in [-0.1, -0.05) is 0 Å². The zero-order valence-electron chi connectivity index (χ0n) is 13.4. The van der Waals surface area contributed by atoms with Crippen molar-refractivity contribution >= 4 is 6.09 Å². The molecule has 2 aliphatic rings. The fraction of sp³-hybridized carbons (Fsp3) is 0.933. The molecule has 1 amide bonds. The van der Waals surface area contributed by atoms with Crippen LogP contribution in [0.4, 0.5) is 4.79 Å². The first-order chi connectivity index (χ1) is 9.94. The number of rotatable bonds is 3. The van der Waals surface area contributed by atoms with E-state index in [0.29, 0.717) is 32.4 Å². The molecule has 6 heteroatoms. The highest BCUT2D eigenvalue weighted by molar-refractivity contribution is 5.68. The Bertz CT molecular complexity index is 337. The molecule has 2 aliphatic heterocycles. The molecule has 0 aromatic heterocycles. The first-order valence-electron chi connectivity index (χ1n) is 7.85. The van der Waals surface area contributed by atoms with Gasteiger partial charge in [0.1, 0.15) is 5.60 Å². The molecule has 2 heterocycles. The van der Waals surface area contributed by atoms with Gasteiger partial charge in [-0.05, 0) is 33.6 Å². The summed E-state index contributed by atoms with van der Waals surface area (Å²) in [5.74, 6) is 0. The van der Waals surface area contributed by atoms with Gasteiger partial charge >= 0.3 is 6.09 Å². The molecule has 2 atom stereocenters. The number of hydrogen-bond acceptors (Lipinski definition) is 5. The van der Waals surface area contributed by atoms with Gasteiger partial charge in [-0.3, -0.25) is 0 Å². The Morgan fingerprint density at radius 1 is 1.38 bits per heavy atom. The monoisotopic (exact) mass is 300 g/mol. The average molecular weight is 300 g/mol. The van der Waals surface area contributed by atoms with Crippen LogP contribution in [0.1, 0.15) is 33.6 Å². The molecule has 0 aliphatic carbocycles. The number of amides is 1. The molecule has 2 saturated heterocycles. The lowest BCUT2D eigenvalue weighted by Gasteiger charge is -2.35. The smallest absolute Gasteiger partial charge is 0.410 e. The fourth-order valence-electron chi connectivity index (χ4n) is 2.59. The average Bonchev–Trinajstić information content (AvgIpc) is 2.45. The van der Waals surface area contributed by atoms with Crippen LogP contribution in [0.3, 0.4) is 0 Å². The van der Waals surface area contributed by atoms with Crippen molar-refractivity contribution in [1.29, 1.82) is 0 Å². The van der Waals surface area contributed by atoms with Crippen LogP contribution in [-0.2, 0) is 14.2 Å². The van der Waals surface area contributed by atoms with Gasteiger partial charge in [-0.15, -0.1) is 0 Å². The van der Waals surface area contributed by atoms with Crippen LogP contribution in [0.25, 0.3) is 0 Å². The van der Waals surface area contributed by atoms with Crippen LogP contribution in [0.5, 0.6) is 0 Å². The third kappa shape index (κ3) is 5.80. The second-order valence-electron chi connectivity index (χ2n) is 6.74. The third-order valence-corrected chi connectivity index (χ3v) is 3.59. The summed E-state index contributed by atoms with van der Waals surface area (Å²) in [6, 6.07) is 0.303. The summed E-state index contributed by atoms with van der Waals surface area (Å²) in [4.78, 5) is 13.9. The van der Waals surface area contributed by atoms with Crippen molar-refractivity contribution in [3.05, 3.63) is 0 Å². The largest absolute Gasteiger partial charge is 0.444 e. The molecule has 0 aromatic carbocycles. The highest BCUT2D eigenvalue weighted by Crippen LogP contribution is 2.15. The Hall–Kier alpha value is -0.850. The summed E-state index contributed by atoms with van der Waals surface area (Å²) in [7, 11) is 0. The van der Waals surface area contributed by atoms with Gasteiger partial charge in [-0.2, -0.15) is 0 Å². The van der Waals surface area contributed by atoms with E-state index in [9.17, 15) is 4.79 Å². The molecule has 0 spiro atoms. The van der Waals surface area contributed by atoms with Crippen LogP contribution in [-0.4, -0.2) is 68.2 Å². The third-order valence-electron chi connectivity index (χ3n) is 3.59. The predicted molar refractivity (Wildman–Crippen MR) is 79.4 cm³/mol. The standard InChI is InChI=1S/C15H28N2O4/c1-15(2,3)21-14(18)17-6-4-5-12(10-17)16-9-13-11-19-7-8-20-13/h12-13,16H,4-11H2,1-3H3. The zero-order valence-corrected chi connectivity index (χ0v) is 13.4. The summed E-state index contributed by atoms with van der Waals surface area (Å²) in [6.45, 7) is 9.93. The SMILES string of the molecule is CC(C)(C)OC(=O)N1CCCC(NCC2COCCO2)C1. The van der Waals surface area contributed by atoms with E-state index in [1.165, 1.54) is 0 Å². The molecular formula is C15H28N2O4. The maximum absolute atomic E-state index is 12.1. The van der Waals surface area contributed by atoms with Crippen molar-refractivity contribution in [2.75, 3.05) is 39.5 Å². The number of carbonyl (C=O) groups excluding carboxylic acids is 1. The van der Waals surface area contributed by atoms with E-state index < -0.39 is 5.60 Å². The summed E-state index contributed by atoms with van der Waals surface area (Å²) >= 11 is 0. The molecule has 122 valence electrons. The van der Waals surface area contributed by atoms with Crippen molar-refractivity contribution in [1.82, 2.24) is 10.2 Å². The molecule has 0 bridgehead atoms. The molecule has 0 radical (unpaired) electrons. The van der Waals surface area contributed by atoms with Crippen LogP contribution in [0.2, 0.25) is 0 Å². The molecule has 2 fully saturated rings. The van der Waals surface area contributed by atoms with Crippen LogP contribution in [0, 0.1) is 0 Å². The lowest BCUT2D eigenvalue weighted by atomic mass is 10.1. The van der Waals surface area contributed by atoms with Crippen molar-refractivity contribution in [3.63, 3.8) is 0 Å². The molecular weight excluding hydrogens is 272 g/mol. The second kappa shape index (κ2) is 7.42. The summed E-state index contributed by atoms with van der Waals surface area (Å²) in [5, 5.41) is 3.48. The van der Waals surface area contributed by atoms with Gasteiger partial charge in [0.05, 0.1) is 25.9 Å². The van der Waals surface area contributed by atoms with Gasteiger partial charge < -0.3 is 24.4 Å². The molecule has 0 saturated carbocycles. The maximum atomic E-state index is 12.1. The van der Waals surface area contributed by atoms with E-state index in [0.717, 1.165) is 25.9 Å². The number of likely N-dealkylation sites (tertiary alicyclic amines) is 1. The summed E-state index contributed by atoms with van der Waals surface area (Å²) in [5.41, 5.74) is -0.440. The lowest BCUT2D eigenvalue weighted by Crippen LogP contribution is -2.51. The van der Waals surface area contributed by atoms with Crippen molar-refractivity contribution in [3.8, 4) is 0 Å². The molecule has 2 rings (SSSR count). The second-order valence-corrected chi connectivity index (χ2v) is 6.74. The van der Waals surface area contributed by atoms with E-state index in [1.54, 1.807) is 4.90 Å². The Balaban J connectivity index is 1.73. The van der Waals surface area contributed by atoms with Gasteiger partial charge in [0.15, 0.2) is 0 Å². The molecule has 1 N–H and O–H groups in total. The molecule has 6 nitrogen and oxygen atoms in total. The first kappa shape index (κ1) is 16.5. The van der Waals surface area contributed by atoms with E-state index in [4.69, 9.17) is 14.2 Å². The minimum atomic E-state index is -0.440. The van der Waals surface area contributed by atoms with E-state index in [1.807, 2.05) is 20.8 Å². The summed E-state index contributed by atoms with van der Waals surface area (Å²) in [6.07, 6.45) is 1.98. The van der Waals surface area contributed by atoms with Gasteiger partial charge in [0.25, 0.3) is 0 Å². The minimum absolute atomic E-state index is 0.121. The van der Waals surface area contributed by atoms with Crippen LogP contribution in [0.15, 0.2) is 0 Å². The van der Waals surface area contributed by atoms with Crippen LogP contribution < -0.4 is 5.32 Å². The Labute approximate surface area is 127 Å². The number of ether oxygens (including phenoxy) is 3. The Kier molecular flexibility index (Phi) is 5.84. The van der Waals surface area contributed by atoms with Gasteiger partial charge in [-0.25, -0.2) is 4.79 Å². The maximum Gasteiger partial charge on any atom is 0.410 e. The van der Waals surface area contributed by atoms with Crippen molar-refractivity contribution < 1.29 is 19.0 Å². The molecule has 0 aromatic rings. The number of nitrogens with one attached hydrogen (secondary N) is 1. The van der Waals surface area contributed by atoms with Crippen molar-refractivity contribution in [2.45, 2.75) is 51.4 Å². The number of hydrogen-bond donors (Lipinski definition) is 1. The molecule has 2 unspecified atom stereocenters. The highest BCUT2D eigenvalue weighted by Gasteiger charge is 2.28. The van der Waals surface area contributed by atoms with Crippen LogP contribution >= 0.6 is 0 Å². The lowest BCUT2D eigenvalue weighted by molar-refractivity contribution is -0.0875. The molecule has 21 heavy (non-hydrogen) atoms. The topological polar surface area (TPSA) is 60.0 Å². The van der Waals surface area contributed by atoms with Gasteiger partial charge in [0.2, 0.25) is 0 Å². The zero-order chi connectivity index (χ0) is 15.3. The van der Waals surface area contributed by atoms with E-state index in [2.05, 4.69) is 5.32 Å². The van der Waals surface area contributed by atoms with Gasteiger partial charge in [0, 0.05) is 25.7 Å². The first-order valence-corrected chi connectivity index (χ1v) is 7.85. The van der Waals surface area contributed by atoms with E-state index >= 15 is 0 Å². The van der Waals surface area contributed by atoms with Crippen molar-refractivity contribution in [2.24, 2.45) is 0 Å². The highest BCUT2D eigenvalue weighted by atomic mass is 16.6. The fourth-order valence-corrected chi connectivity index (χ4v) is 2.59.